The van der Waals surface area contributed by atoms with Gasteiger partial charge >= 0.3 is 0 Å². The van der Waals surface area contributed by atoms with Crippen LogP contribution in [0.25, 0.3) is 0 Å². The Bertz CT molecular complexity index is 233. The lowest BCUT2D eigenvalue weighted by Crippen LogP contribution is -2.48. The Balaban J connectivity index is 1.81. The number of nitrogens with zero attached hydrogens (tertiary/aromatic N) is 1. The molecule has 2 nitrogen and oxygen atoms in total. The Morgan fingerprint density at radius 3 is 2.39 bits per heavy atom. The standard InChI is InChI=1S/C16H32N2/c1-4-18(13-14-7-5-6-12-17-14)15-8-10-16(2,3)11-9-15/h14-15,17H,4-13H2,1-3H3. The third-order valence-corrected chi connectivity index (χ3v) is 5.10. The van der Waals surface area contributed by atoms with E-state index < -0.39 is 0 Å². The molecule has 18 heavy (non-hydrogen) atoms. The number of likely N-dealkylation sites (N-methyl/N-ethyl adjacent to an activating group) is 1. The van der Waals surface area contributed by atoms with Crippen molar-refractivity contribution < 1.29 is 0 Å². The van der Waals surface area contributed by atoms with Crippen LogP contribution in [0.4, 0.5) is 0 Å². The van der Waals surface area contributed by atoms with Gasteiger partial charge in [0.25, 0.3) is 0 Å². The predicted octanol–water partition coefficient (Wildman–Crippen LogP) is 3.42. The lowest BCUT2D eigenvalue weighted by atomic mass is 9.75. The van der Waals surface area contributed by atoms with Crippen LogP contribution in [0, 0.1) is 5.41 Å². The summed E-state index contributed by atoms with van der Waals surface area (Å²) >= 11 is 0. The molecule has 0 aromatic heterocycles. The maximum Gasteiger partial charge on any atom is 0.0195 e. The molecule has 106 valence electrons. The second-order valence-electron chi connectivity index (χ2n) is 7.13. The van der Waals surface area contributed by atoms with Crippen LogP contribution in [-0.2, 0) is 0 Å². The summed E-state index contributed by atoms with van der Waals surface area (Å²) in [7, 11) is 0. The molecule has 1 saturated carbocycles. The third-order valence-electron chi connectivity index (χ3n) is 5.10. The SMILES string of the molecule is CCN(CC1CCCCN1)C1CCC(C)(C)CC1. The first kappa shape index (κ1) is 14.3. The van der Waals surface area contributed by atoms with Crippen molar-refractivity contribution in [3.8, 4) is 0 Å². The first-order valence-electron chi connectivity index (χ1n) is 8.08. The van der Waals surface area contributed by atoms with Gasteiger partial charge in [-0.25, -0.2) is 0 Å². The zero-order valence-electron chi connectivity index (χ0n) is 12.7. The summed E-state index contributed by atoms with van der Waals surface area (Å²) in [5.41, 5.74) is 0.596. The minimum atomic E-state index is 0.596. The summed E-state index contributed by atoms with van der Waals surface area (Å²) in [6.07, 6.45) is 9.82. The molecule has 2 heteroatoms. The van der Waals surface area contributed by atoms with E-state index in [0.717, 1.165) is 12.1 Å². The van der Waals surface area contributed by atoms with Gasteiger partial charge in [0.15, 0.2) is 0 Å². The highest BCUT2D eigenvalue weighted by Gasteiger charge is 2.30. The van der Waals surface area contributed by atoms with Crippen LogP contribution in [0.1, 0.15) is 65.7 Å². The molecule has 1 saturated heterocycles. The van der Waals surface area contributed by atoms with Crippen LogP contribution in [0.15, 0.2) is 0 Å². The second-order valence-corrected chi connectivity index (χ2v) is 7.13. The lowest BCUT2D eigenvalue weighted by molar-refractivity contribution is 0.0987. The second kappa shape index (κ2) is 6.38. The normalized spacial score (nSPS) is 29.7. The Kier molecular flexibility index (Phi) is 5.08. The molecular formula is C16H32N2. The minimum absolute atomic E-state index is 0.596. The van der Waals surface area contributed by atoms with Crippen molar-refractivity contribution in [2.75, 3.05) is 19.6 Å². The molecule has 1 unspecified atom stereocenters. The fourth-order valence-electron chi connectivity index (χ4n) is 3.65. The number of piperidine rings is 1. The van der Waals surface area contributed by atoms with E-state index in [1.54, 1.807) is 0 Å². The van der Waals surface area contributed by atoms with Gasteiger partial charge in [-0.05, 0) is 57.0 Å². The van der Waals surface area contributed by atoms with Crippen molar-refractivity contribution in [2.45, 2.75) is 77.8 Å². The predicted molar refractivity (Wildman–Crippen MR) is 78.9 cm³/mol. The van der Waals surface area contributed by atoms with Gasteiger partial charge in [-0.2, -0.15) is 0 Å². The highest BCUT2D eigenvalue weighted by molar-refractivity contribution is 4.86. The Labute approximate surface area is 114 Å². The van der Waals surface area contributed by atoms with Crippen LogP contribution in [0.2, 0.25) is 0 Å². The molecule has 0 aromatic carbocycles. The van der Waals surface area contributed by atoms with Gasteiger partial charge in [-0.3, -0.25) is 4.90 Å². The van der Waals surface area contributed by atoms with E-state index in [1.165, 1.54) is 64.6 Å². The molecule has 0 aromatic rings. The van der Waals surface area contributed by atoms with Gasteiger partial charge < -0.3 is 5.32 Å². The van der Waals surface area contributed by atoms with Gasteiger partial charge in [0.05, 0.1) is 0 Å². The molecule has 1 aliphatic carbocycles. The number of nitrogens with one attached hydrogen (secondary N) is 1. The van der Waals surface area contributed by atoms with Crippen LogP contribution in [0.3, 0.4) is 0 Å². The van der Waals surface area contributed by atoms with Crippen LogP contribution in [0.5, 0.6) is 0 Å². The van der Waals surface area contributed by atoms with Gasteiger partial charge in [0.1, 0.15) is 0 Å². The molecular weight excluding hydrogens is 220 g/mol. The van der Waals surface area contributed by atoms with Crippen LogP contribution < -0.4 is 5.32 Å². The van der Waals surface area contributed by atoms with E-state index in [9.17, 15) is 0 Å². The molecule has 2 fully saturated rings. The molecule has 0 spiro atoms. The van der Waals surface area contributed by atoms with Gasteiger partial charge in [0.2, 0.25) is 0 Å². The number of hydrogen-bond acceptors (Lipinski definition) is 2. The highest BCUT2D eigenvalue weighted by Crippen LogP contribution is 2.36. The van der Waals surface area contributed by atoms with E-state index in [1.807, 2.05) is 0 Å². The van der Waals surface area contributed by atoms with Crippen molar-refractivity contribution in [3.05, 3.63) is 0 Å². The van der Waals surface area contributed by atoms with Crippen LogP contribution >= 0.6 is 0 Å². The zero-order chi connectivity index (χ0) is 13.0. The average Bonchev–Trinajstić information content (AvgIpc) is 2.38. The summed E-state index contributed by atoms with van der Waals surface area (Å²) in [5, 5.41) is 3.70. The fraction of sp³-hybridized carbons (Fsp3) is 1.00. The number of hydrogen-bond donors (Lipinski definition) is 1. The Morgan fingerprint density at radius 1 is 1.11 bits per heavy atom. The maximum atomic E-state index is 3.70. The molecule has 1 atom stereocenters. The van der Waals surface area contributed by atoms with Crippen molar-refractivity contribution in [2.24, 2.45) is 5.41 Å². The number of rotatable bonds is 4. The topological polar surface area (TPSA) is 15.3 Å². The largest absolute Gasteiger partial charge is 0.313 e. The molecule has 0 amide bonds. The maximum absolute atomic E-state index is 3.70. The first-order valence-corrected chi connectivity index (χ1v) is 8.08. The summed E-state index contributed by atoms with van der Waals surface area (Å²) in [6, 6.07) is 1.61. The van der Waals surface area contributed by atoms with E-state index >= 15 is 0 Å². The zero-order valence-corrected chi connectivity index (χ0v) is 12.7. The van der Waals surface area contributed by atoms with E-state index in [-0.39, 0.29) is 0 Å². The van der Waals surface area contributed by atoms with Crippen molar-refractivity contribution in [1.29, 1.82) is 0 Å². The van der Waals surface area contributed by atoms with Crippen molar-refractivity contribution >= 4 is 0 Å². The van der Waals surface area contributed by atoms with Crippen LogP contribution in [-0.4, -0.2) is 36.6 Å². The first-order chi connectivity index (χ1) is 8.61. The quantitative estimate of drug-likeness (QED) is 0.825. The van der Waals surface area contributed by atoms with E-state index in [0.29, 0.717) is 5.41 Å². The molecule has 1 N–H and O–H groups in total. The van der Waals surface area contributed by atoms with Gasteiger partial charge in [-0.1, -0.05) is 27.2 Å². The minimum Gasteiger partial charge on any atom is -0.313 e. The average molecular weight is 252 g/mol. The molecule has 0 bridgehead atoms. The van der Waals surface area contributed by atoms with Gasteiger partial charge in [-0.15, -0.1) is 0 Å². The smallest absolute Gasteiger partial charge is 0.0195 e. The lowest BCUT2D eigenvalue weighted by Gasteiger charge is -2.41. The van der Waals surface area contributed by atoms with Crippen molar-refractivity contribution in [1.82, 2.24) is 10.2 Å². The summed E-state index contributed by atoms with van der Waals surface area (Å²) in [4.78, 5) is 2.75. The monoisotopic (exact) mass is 252 g/mol. The molecule has 1 aliphatic heterocycles. The van der Waals surface area contributed by atoms with E-state index in [2.05, 4.69) is 31.0 Å². The summed E-state index contributed by atoms with van der Waals surface area (Å²) < 4.78 is 0. The molecule has 0 radical (unpaired) electrons. The Morgan fingerprint density at radius 2 is 1.83 bits per heavy atom. The molecule has 2 aliphatic rings. The van der Waals surface area contributed by atoms with Crippen molar-refractivity contribution in [3.63, 3.8) is 0 Å². The third kappa shape index (κ3) is 3.96. The molecule has 1 heterocycles. The van der Waals surface area contributed by atoms with E-state index in [4.69, 9.17) is 0 Å². The summed E-state index contributed by atoms with van der Waals surface area (Å²) in [5.74, 6) is 0. The van der Waals surface area contributed by atoms with Gasteiger partial charge in [0, 0.05) is 18.6 Å². The highest BCUT2D eigenvalue weighted by atomic mass is 15.2. The fourth-order valence-corrected chi connectivity index (χ4v) is 3.65. The Hall–Kier alpha value is -0.0800. The molecule has 2 rings (SSSR count). The summed E-state index contributed by atoms with van der Waals surface area (Å²) in [6.45, 7) is 10.9.